The molecule has 2 aromatic carbocycles. The summed E-state index contributed by atoms with van der Waals surface area (Å²) in [7, 11) is 1.26. The molecular formula is C20H18ClN3O4. The Bertz CT molecular complexity index is 1070. The van der Waals surface area contributed by atoms with Gasteiger partial charge in [-0.2, -0.15) is 0 Å². The average Bonchev–Trinajstić information content (AvgIpc) is 2.70. The zero-order chi connectivity index (χ0) is 20.1. The van der Waals surface area contributed by atoms with E-state index in [-0.39, 0.29) is 18.5 Å². The third kappa shape index (κ3) is 4.55. The third-order valence-corrected chi connectivity index (χ3v) is 4.44. The Balaban J connectivity index is 1.77. The van der Waals surface area contributed by atoms with E-state index in [0.717, 1.165) is 5.56 Å². The number of amides is 1. The fourth-order valence-corrected chi connectivity index (χ4v) is 3.00. The molecule has 3 aromatic rings. The maximum Gasteiger partial charge on any atom is 0.328 e. The largest absolute Gasteiger partial charge is 0.467 e. The average molecular weight is 400 g/mol. The zero-order valence-electron chi connectivity index (χ0n) is 15.1. The third-order valence-electron chi connectivity index (χ3n) is 4.20. The maximum atomic E-state index is 12.6. The smallest absolute Gasteiger partial charge is 0.328 e. The number of nitrogens with one attached hydrogen (secondary N) is 1. The van der Waals surface area contributed by atoms with Crippen molar-refractivity contribution in [1.29, 1.82) is 0 Å². The first kappa shape index (κ1) is 19.6. The van der Waals surface area contributed by atoms with Gasteiger partial charge < -0.3 is 10.1 Å². The van der Waals surface area contributed by atoms with Crippen molar-refractivity contribution in [2.45, 2.75) is 19.0 Å². The van der Waals surface area contributed by atoms with Crippen molar-refractivity contribution in [3.63, 3.8) is 0 Å². The summed E-state index contributed by atoms with van der Waals surface area (Å²) in [5.74, 6) is -1.07. The number of hydrogen-bond acceptors (Lipinski definition) is 5. The van der Waals surface area contributed by atoms with Crippen LogP contribution in [-0.4, -0.2) is 34.6 Å². The molecule has 0 radical (unpaired) electrons. The van der Waals surface area contributed by atoms with E-state index < -0.39 is 17.9 Å². The van der Waals surface area contributed by atoms with E-state index in [4.69, 9.17) is 16.3 Å². The Labute approximate surface area is 165 Å². The normalized spacial score (nSPS) is 11.8. The predicted octanol–water partition coefficient (Wildman–Crippen LogP) is 1.95. The molecule has 0 bridgehead atoms. The van der Waals surface area contributed by atoms with E-state index in [2.05, 4.69) is 10.3 Å². The highest BCUT2D eigenvalue weighted by Gasteiger charge is 2.22. The van der Waals surface area contributed by atoms with Gasteiger partial charge in [0, 0.05) is 11.4 Å². The number of halogens is 1. The first-order valence-corrected chi connectivity index (χ1v) is 8.91. The lowest BCUT2D eigenvalue weighted by Gasteiger charge is -2.17. The fourth-order valence-electron chi connectivity index (χ4n) is 2.82. The molecular weight excluding hydrogens is 382 g/mol. The molecule has 0 unspecified atom stereocenters. The highest BCUT2D eigenvalue weighted by atomic mass is 35.5. The second-order valence-electron chi connectivity index (χ2n) is 6.17. The highest BCUT2D eigenvalue weighted by Crippen LogP contribution is 2.14. The monoisotopic (exact) mass is 399 g/mol. The van der Waals surface area contributed by atoms with Gasteiger partial charge in [-0.1, -0.05) is 41.9 Å². The number of ether oxygens (including phenoxy) is 1. The molecule has 0 saturated heterocycles. The molecule has 144 valence electrons. The van der Waals surface area contributed by atoms with Gasteiger partial charge in [-0.25, -0.2) is 9.78 Å². The number of rotatable bonds is 6. The van der Waals surface area contributed by atoms with Crippen molar-refractivity contribution in [2.24, 2.45) is 0 Å². The van der Waals surface area contributed by atoms with Crippen molar-refractivity contribution < 1.29 is 14.3 Å². The van der Waals surface area contributed by atoms with Crippen LogP contribution in [-0.2, 0) is 27.3 Å². The minimum absolute atomic E-state index is 0.278. The maximum absolute atomic E-state index is 12.6. The minimum atomic E-state index is -0.863. The van der Waals surface area contributed by atoms with Crippen molar-refractivity contribution >= 4 is 34.4 Å². The molecule has 0 saturated carbocycles. The van der Waals surface area contributed by atoms with Crippen LogP contribution in [0.15, 0.2) is 59.7 Å². The summed E-state index contributed by atoms with van der Waals surface area (Å²) in [4.78, 5) is 41.3. The number of nitrogens with zero attached hydrogens (tertiary/aromatic N) is 2. The Kier molecular flexibility index (Phi) is 6.06. The van der Waals surface area contributed by atoms with Gasteiger partial charge in [0.2, 0.25) is 5.91 Å². The number of esters is 1. The number of hydrogen-bond donors (Lipinski definition) is 1. The topological polar surface area (TPSA) is 90.3 Å². The van der Waals surface area contributed by atoms with E-state index in [0.29, 0.717) is 15.9 Å². The summed E-state index contributed by atoms with van der Waals surface area (Å²) in [5, 5.41) is 3.35. The Morgan fingerprint density at radius 3 is 2.68 bits per heavy atom. The van der Waals surface area contributed by atoms with Crippen molar-refractivity contribution in [3.05, 3.63) is 75.8 Å². The molecule has 0 fully saturated rings. The van der Waals surface area contributed by atoms with Gasteiger partial charge in [0.25, 0.3) is 5.56 Å². The van der Waals surface area contributed by atoms with Gasteiger partial charge >= 0.3 is 5.97 Å². The standard InChI is InChI=1S/C20H18ClN3O4/c1-28-20(27)17(9-13-5-3-2-4-6-13)23-18(25)11-24-12-22-16-8-7-14(21)10-15(16)19(24)26/h2-8,10,12,17H,9,11H2,1H3,(H,23,25)/t17-/m0/s1. The van der Waals surface area contributed by atoms with Crippen LogP contribution in [0.4, 0.5) is 0 Å². The zero-order valence-corrected chi connectivity index (χ0v) is 15.8. The fraction of sp³-hybridized carbons (Fsp3) is 0.200. The van der Waals surface area contributed by atoms with Crippen LogP contribution in [0.2, 0.25) is 5.02 Å². The van der Waals surface area contributed by atoms with E-state index >= 15 is 0 Å². The van der Waals surface area contributed by atoms with Gasteiger partial charge in [0.05, 0.1) is 24.3 Å². The van der Waals surface area contributed by atoms with Crippen LogP contribution in [0.5, 0.6) is 0 Å². The van der Waals surface area contributed by atoms with Crippen molar-refractivity contribution in [2.75, 3.05) is 7.11 Å². The molecule has 1 atom stereocenters. The summed E-state index contributed by atoms with van der Waals surface area (Å²) in [5.41, 5.74) is 0.972. The second kappa shape index (κ2) is 8.67. The first-order valence-electron chi connectivity index (χ1n) is 8.53. The van der Waals surface area contributed by atoms with Crippen LogP contribution in [0, 0.1) is 0 Å². The van der Waals surface area contributed by atoms with E-state index in [1.54, 1.807) is 12.1 Å². The number of benzene rings is 2. The lowest BCUT2D eigenvalue weighted by atomic mass is 10.1. The molecule has 7 nitrogen and oxygen atoms in total. The van der Waals surface area contributed by atoms with E-state index in [9.17, 15) is 14.4 Å². The van der Waals surface area contributed by atoms with Crippen molar-refractivity contribution in [1.82, 2.24) is 14.9 Å². The van der Waals surface area contributed by atoms with Crippen molar-refractivity contribution in [3.8, 4) is 0 Å². The molecule has 1 heterocycles. The molecule has 0 aliphatic heterocycles. The second-order valence-corrected chi connectivity index (χ2v) is 6.61. The summed E-state index contributed by atoms with van der Waals surface area (Å²) in [6.45, 7) is -0.281. The summed E-state index contributed by atoms with van der Waals surface area (Å²) in [6.07, 6.45) is 1.57. The molecule has 8 heteroatoms. The van der Waals surface area contributed by atoms with E-state index in [1.807, 2.05) is 30.3 Å². The molecule has 28 heavy (non-hydrogen) atoms. The van der Waals surface area contributed by atoms with Crippen LogP contribution >= 0.6 is 11.6 Å². The van der Waals surface area contributed by atoms with Gasteiger partial charge in [0.1, 0.15) is 12.6 Å². The van der Waals surface area contributed by atoms with Gasteiger partial charge in [-0.3, -0.25) is 14.2 Å². The molecule has 0 spiro atoms. The lowest BCUT2D eigenvalue weighted by molar-refractivity contribution is -0.145. The van der Waals surface area contributed by atoms with Gasteiger partial charge in [-0.05, 0) is 23.8 Å². The van der Waals surface area contributed by atoms with Crippen LogP contribution in [0.1, 0.15) is 5.56 Å². The lowest BCUT2D eigenvalue weighted by Crippen LogP contribution is -2.45. The summed E-state index contributed by atoms with van der Waals surface area (Å²) < 4.78 is 5.95. The number of carbonyl (C=O) groups excluding carboxylic acids is 2. The molecule has 3 rings (SSSR count). The molecule has 1 amide bonds. The molecule has 0 aliphatic rings. The quantitative estimate of drug-likeness (QED) is 0.640. The van der Waals surface area contributed by atoms with Crippen LogP contribution in [0.25, 0.3) is 10.9 Å². The Morgan fingerprint density at radius 2 is 1.96 bits per heavy atom. The number of carbonyl (C=O) groups is 2. The SMILES string of the molecule is COC(=O)[C@H](Cc1ccccc1)NC(=O)Cn1cnc2ccc(Cl)cc2c1=O. The number of fused-ring (bicyclic) bond motifs is 1. The van der Waals surface area contributed by atoms with Gasteiger partial charge in [0.15, 0.2) is 0 Å². The summed E-state index contributed by atoms with van der Waals surface area (Å²) in [6, 6.07) is 13.2. The highest BCUT2D eigenvalue weighted by molar-refractivity contribution is 6.31. The number of methoxy groups -OCH3 is 1. The van der Waals surface area contributed by atoms with Gasteiger partial charge in [-0.15, -0.1) is 0 Å². The van der Waals surface area contributed by atoms with Crippen LogP contribution < -0.4 is 10.9 Å². The summed E-state index contributed by atoms with van der Waals surface area (Å²) >= 11 is 5.94. The minimum Gasteiger partial charge on any atom is -0.467 e. The molecule has 1 aromatic heterocycles. The Morgan fingerprint density at radius 1 is 1.21 bits per heavy atom. The first-order chi connectivity index (χ1) is 13.5. The van der Waals surface area contributed by atoms with E-state index in [1.165, 1.54) is 24.1 Å². The number of aromatic nitrogens is 2. The Hall–Kier alpha value is -3.19. The predicted molar refractivity (Wildman–Crippen MR) is 105 cm³/mol. The molecule has 0 aliphatic carbocycles. The molecule has 1 N–H and O–H groups in total. The van der Waals surface area contributed by atoms with Crippen LogP contribution in [0.3, 0.4) is 0 Å².